The minimum absolute atomic E-state index is 0.553. The van der Waals surface area contributed by atoms with Crippen molar-refractivity contribution in [2.45, 2.75) is 6.54 Å². The Morgan fingerprint density at radius 2 is 1.69 bits per heavy atom. The predicted octanol–water partition coefficient (Wildman–Crippen LogP) is 2.95. The molecule has 2 aromatic rings. The van der Waals surface area contributed by atoms with Gasteiger partial charge in [-0.15, -0.1) is 0 Å². The molecule has 0 saturated heterocycles. The first kappa shape index (κ1) is 8.54. The van der Waals surface area contributed by atoms with Crippen molar-refractivity contribution in [1.82, 2.24) is 0 Å². The van der Waals surface area contributed by atoms with E-state index in [0.717, 1.165) is 21.4 Å². The highest BCUT2D eigenvalue weighted by Gasteiger charge is 2.01. The molecular formula is C11H10ClN. The number of hydrogen-bond acceptors (Lipinski definition) is 1. The molecule has 13 heavy (non-hydrogen) atoms. The van der Waals surface area contributed by atoms with Crippen LogP contribution in [0.1, 0.15) is 5.56 Å². The Balaban J connectivity index is 2.84. The van der Waals surface area contributed by atoms with Gasteiger partial charge < -0.3 is 5.73 Å². The molecule has 0 aliphatic rings. The van der Waals surface area contributed by atoms with Gasteiger partial charge in [-0.1, -0.05) is 41.9 Å². The minimum Gasteiger partial charge on any atom is -0.326 e. The summed E-state index contributed by atoms with van der Waals surface area (Å²) in [4.78, 5) is 0. The highest BCUT2D eigenvalue weighted by Crippen LogP contribution is 2.25. The predicted molar refractivity (Wildman–Crippen MR) is 56.8 cm³/mol. The van der Waals surface area contributed by atoms with Crippen molar-refractivity contribution in [3.8, 4) is 0 Å². The van der Waals surface area contributed by atoms with Crippen molar-refractivity contribution in [3.63, 3.8) is 0 Å². The largest absolute Gasteiger partial charge is 0.326 e. The second-order valence-electron chi connectivity index (χ2n) is 2.96. The Bertz CT molecular complexity index is 437. The van der Waals surface area contributed by atoms with Crippen molar-refractivity contribution in [3.05, 3.63) is 47.0 Å². The van der Waals surface area contributed by atoms with E-state index < -0.39 is 0 Å². The van der Waals surface area contributed by atoms with Gasteiger partial charge in [0.05, 0.1) is 0 Å². The number of rotatable bonds is 1. The Kier molecular flexibility index (Phi) is 2.21. The maximum atomic E-state index is 6.05. The van der Waals surface area contributed by atoms with Crippen LogP contribution in [0.4, 0.5) is 0 Å². The van der Waals surface area contributed by atoms with E-state index in [-0.39, 0.29) is 0 Å². The first-order chi connectivity index (χ1) is 6.33. The normalized spacial score (nSPS) is 10.6. The molecule has 0 spiro atoms. The third-order valence-corrected chi connectivity index (χ3v) is 2.51. The van der Waals surface area contributed by atoms with Crippen molar-refractivity contribution in [2.24, 2.45) is 5.73 Å². The van der Waals surface area contributed by atoms with Gasteiger partial charge in [0.2, 0.25) is 0 Å². The zero-order valence-corrected chi connectivity index (χ0v) is 7.88. The number of fused-ring (bicyclic) bond motifs is 1. The topological polar surface area (TPSA) is 26.0 Å². The van der Waals surface area contributed by atoms with E-state index in [9.17, 15) is 0 Å². The fourth-order valence-electron chi connectivity index (χ4n) is 1.50. The first-order valence-electron chi connectivity index (χ1n) is 4.19. The van der Waals surface area contributed by atoms with Crippen LogP contribution in [0.15, 0.2) is 36.4 Å². The lowest BCUT2D eigenvalue weighted by molar-refractivity contribution is 1.09. The molecule has 2 rings (SSSR count). The van der Waals surface area contributed by atoms with Gasteiger partial charge in [-0.25, -0.2) is 0 Å². The Morgan fingerprint density at radius 3 is 2.38 bits per heavy atom. The minimum atomic E-state index is 0.553. The molecule has 2 N–H and O–H groups in total. The first-order valence-corrected chi connectivity index (χ1v) is 4.57. The molecule has 0 unspecified atom stereocenters. The van der Waals surface area contributed by atoms with E-state index in [1.54, 1.807) is 0 Å². The summed E-state index contributed by atoms with van der Waals surface area (Å²) in [6, 6.07) is 11.9. The number of hydrogen-bond donors (Lipinski definition) is 1. The van der Waals surface area contributed by atoms with E-state index in [0.29, 0.717) is 6.54 Å². The van der Waals surface area contributed by atoms with Gasteiger partial charge >= 0.3 is 0 Å². The molecule has 0 aliphatic heterocycles. The quantitative estimate of drug-likeness (QED) is 0.737. The molecule has 1 nitrogen and oxygen atoms in total. The molecule has 2 aromatic carbocycles. The third kappa shape index (κ3) is 1.41. The molecule has 0 aromatic heterocycles. The van der Waals surface area contributed by atoms with Gasteiger partial charge in [0.15, 0.2) is 0 Å². The second-order valence-corrected chi connectivity index (χ2v) is 3.36. The van der Waals surface area contributed by atoms with E-state index >= 15 is 0 Å². The molecule has 0 radical (unpaired) electrons. The molecule has 0 heterocycles. The second kappa shape index (κ2) is 3.36. The average molecular weight is 192 g/mol. The maximum Gasteiger partial charge on any atom is 0.0484 e. The van der Waals surface area contributed by atoms with Crippen LogP contribution in [0.25, 0.3) is 10.8 Å². The van der Waals surface area contributed by atoms with Gasteiger partial charge in [-0.2, -0.15) is 0 Å². The van der Waals surface area contributed by atoms with Gasteiger partial charge in [-0.05, 0) is 17.0 Å². The van der Waals surface area contributed by atoms with Crippen LogP contribution in [0, 0.1) is 0 Å². The highest BCUT2D eigenvalue weighted by atomic mass is 35.5. The Morgan fingerprint density at radius 1 is 1.00 bits per heavy atom. The molecular weight excluding hydrogens is 182 g/mol. The number of nitrogens with two attached hydrogens (primary N) is 1. The molecule has 0 saturated carbocycles. The number of benzene rings is 2. The smallest absolute Gasteiger partial charge is 0.0484 e. The molecule has 2 heteroatoms. The van der Waals surface area contributed by atoms with Crippen LogP contribution in [0.2, 0.25) is 5.02 Å². The molecule has 0 aliphatic carbocycles. The summed E-state index contributed by atoms with van der Waals surface area (Å²) in [5.74, 6) is 0. The van der Waals surface area contributed by atoms with Gasteiger partial charge in [-0.3, -0.25) is 0 Å². The van der Waals surface area contributed by atoms with Crippen molar-refractivity contribution >= 4 is 22.4 Å². The fourth-order valence-corrected chi connectivity index (χ4v) is 1.73. The summed E-state index contributed by atoms with van der Waals surface area (Å²) in [5.41, 5.74) is 6.76. The molecule has 66 valence electrons. The maximum absolute atomic E-state index is 6.05. The Labute approximate surface area is 82.1 Å². The van der Waals surface area contributed by atoms with Crippen LogP contribution >= 0.6 is 11.6 Å². The van der Waals surface area contributed by atoms with E-state index in [2.05, 4.69) is 0 Å². The lowest BCUT2D eigenvalue weighted by Gasteiger charge is -2.04. The average Bonchev–Trinajstić information content (AvgIpc) is 2.19. The lowest BCUT2D eigenvalue weighted by atomic mass is 10.0. The summed E-state index contributed by atoms with van der Waals surface area (Å²) in [6.07, 6.45) is 0. The van der Waals surface area contributed by atoms with E-state index in [1.165, 1.54) is 0 Å². The zero-order chi connectivity index (χ0) is 9.26. The molecule has 0 atom stereocenters. The summed E-state index contributed by atoms with van der Waals surface area (Å²) in [5, 5.41) is 3.01. The van der Waals surface area contributed by atoms with Gasteiger partial charge in [0.25, 0.3) is 0 Å². The highest BCUT2D eigenvalue weighted by molar-refractivity contribution is 6.35. The van der Waals surface area contributed by atoms with E-state index in [4.69, 9.17) is 17.3 Å². The number of halogens is 1. The fraction of sp³-hybridized carbons (Fsp3) is 0.0909. The standard InChI is InChI=1S/C11H10ClN/c12-11-6-5-8(7-13)9-3-1-2-4-10(9)11/h1-6H,7,13H2. The van der Waals surface area contributed by atoms with Crippen molar-refractivity contribution < 1.29 is 0 Å². The summed E-state index contributed by atoms with van der Waals surface area (Å²) >= 11 is 6.05. The van der Waals surface area contributed by atoms with Crippen LogP contribution in [0.3, 0.4) is 0 Å². The van der Waals surface area contributed by atoms with Crippen LogP contribution < -0.4 is 5.73 Å². The molecule has 0 amide bonds. The zero-order valence-electron chi connectivity index (χ0n) is 7.13. The summed E-state index contributed by atoms with van der Waals surface area (Å²) < 4.78 is 0. The third-order valence-electron chi connectivity index (χ3n) is 2.18. The Hall–Kier alpha value is -1.05. The van der Waals surface area contributed by atoms with Crippen molar-refractivity contribution in [1.29, 1.82) is 0 Å². The summed E-state index contributed by atoms with van der Waals surface area (Å²) in [6.45, 7) is 0.553. The lowest BCUT2D eigenvalue weighted by Crippen LogP contribution is -1.96. The van der Waals surface area contributed by atoms with Gasteiger partial charge in [0.1, 0.15) is 0 Å². The summed E-state index contributed by atoms with van der Waals surface area (Å²) in [7, 11) is 0. The molecule has 0 bridgehead atoms. The van der Waals surface area contributed by atoms with Gasteiger partial charge in [0, 0.05) is 17.0 Å². The molecule has 0 fully saturated rings. The van der Waals surface area contributed by atoms with Crippen molar-refractivity contribution in [2.75, 3.05) is 0 Å². The van der Waals surface area contributed by atoms with Crippen LogP contribution in [0.5, 0.6) is 0 Å². The van der Waals surface area contributed by atoms with Crippen LogP contribution in [-0.4, -0.2) is 0 Å². The SMILES string of the molecule is NCc1ccc(Cl)c2ccccc12. The van der Waals surface area contributed by atoms with E-state index in [1.807, 2.05) is 36.4 Å². The monoisotopic (exact) mass is 191 g/mol. The van der Waals surface area contributed by atoms with Crippen LogP contribution in [-0.2, 0) is 6.54 Å².